The van der Waals surface area contributed by atoms with Crippen LogP contribution in [0.2, 0.25) is 0 Å². The summed E-state index contributed by atoms with van der Waals surface area (Å²) in [4.78, 5) is 0.00632. The molecule has 6 nitrogen and oxygen atoms in total. The molecule has 0 atom stereocenters. The van der Waals surface area contributed by atoms with E-state index in [1.807, 2.05) is 0 Å². The van der Waals surface area contributed by atoms with E-state index in [0.29, 0.717) is 13.2 Å². The lowest BCUT2D eigenvalue weighted by Gasteiger charge is -2.12. The zero-order valence-electron chi connectivity index (χ0n) is 17.1. The normalized spacial score (nSPS) is 11.4. The number of phenolic OH excluding ortho intramolecular Hbond substituents is 2. The minimum Gasteiger partial charge on any atom is -0.504 e. The number of benzene rings is 2. The van der Waals surface area contributed by atoms with E-state index in [1.165, 1.54) is 36.4 Å². The second kappa shape index (κ2) is 11.0. The van der Waals surface area contributed by atoms with Crippen molar-refractivity contribution in [3.8, 4) is 23.0 Å². The van der Waals surface area contributed by atoms with E-state index in [1.54, 1.807) is 0 Å². The molecule has 7 heteroatoms. The van der Waals surface area contributed by atoms with Crippen molar-refractivity contribution in [3.05, 3.63) is 36.4 Å². The lowest BCUT2D eigenvalue weighted by Crippen LogP contribution is -2.05. The van der Waals surface area contributed by atoms with Crippen LogP contribution in [0.5, 0.6) is 23.0 Å². The van der Waals surface area contributed by atoms with Gasteiger partial charge in [0.1, 0.15) is 0 Å². The fraction of sp³-hybridized carbons (Fsp3) is 0.455. The minimum absolute atomic E-state index is 0.00316. The fourth-order valence-corrected chi connectivity index (χ4v) is 4.05. The first-order valence-corrected chi connectivity index (χ1v) is 11.5. The number of hydrogen-bond acceptors (Lipinski definition) is 6. The summed E-state index contributed by atoms with van der Waals surface area (Å²) in [5, 5.41) is 20.0. The molecule has 0 radical (unpaired) electrons. The summed E-state index contributed by atoms with van der Waals surface area (Å²) in [5.74, 6) is 0.0613. The number of ether oxygens (including phenoxy) is 2. The first-order chi connectivity index (χ1) is 13.9. The molecule has 160 valence electrons. The lowest BCUT2D eigenvalue weighted by molar-refractivity contribution is 0.289. The van der Waals surface area contributed by atoms with Gasteiger partial charge in [0.25, 0.3) is 0 Å². The first-order valence-electron chi connectivity index (χ1n) is 10.1. The maximum absolute atomic E-state index is 13.0. The van der Waals surface area contributed by atoms with Crippen LogP contribution in [0.25, 0.3) is 0 Å². The second-order valence-corrected chi connectivity index (χ2v) is 8.82. The monoisotopic (exact) mass is 422 g/mol. The molecule has 0 heterocycles. The van der Waals surface area contributed by atoms with E-state index in [2.05, 4.69) is 13.8 Å². The van der Waals surface area contributed by atoms with Crippen molar-refractivity contribution in [1.29, 1.82) is 0 Å². The Kier molecular flexibility index (Phi) is 8.64. The van der Waals surface area contributed by atoms with Crippen LogP contribution in [0, 0.1) is 0 Å². The van der Waals surface area contributed by atoms with Gasteiger partial charge in [-0.15, -0.1) is 0 Å². The highest BCUT2D eigenvalue weighted by Crippen LogP contribution is 2.35. The van der Waals surface area contributed by atoms with Gasteiger partial charge in [-0.1, -0.05) is 39.5 Å². The van der Waals surface area contributed by atoms with Crippen molar-refractivity contribution in [2.45, 2.75) is 62.2 Å². The van der Waals surface area contributed by atoms with Crippen LogP contribution in [0.15, 0.2) is 46.2 Å². The summed E-state index contributed by atoms with van der Waals surface area (Å²) < 4.78 is 37.2. The minimum atomic E-state index is -3.87. The van der Waals surface area contributed by atoms with E-state index >= 15 is 0 Å². The maximum Gasteiger partial charge on any atom is 0.206 e. The highest BCUT2D eigenvalue weighted by Gasteiger charge is 2.21. The molecule has 2 N–H and O–H groups in total. The Bertz CT molecular complexity index is 825. The summed E-state index contributed by atoms with van der Waals surface area (Å²) in [7, 11) is -3.87. The van der Waals surface area contributed by atoms with Crippen molar-refractivity contribution in [1.82, 2.24) is 0 Å². The standard InChI is InChI=1S/C22H30O6S/c1-3-5-7-13-27-21-15-17(9-11-19(21)23)29(25,26)18-10-12-20(24)22(16-18)28-14-8-6-4-2/h9-12,15-16,23-24H,3-8,13-14H2,1-2H3. The van der Waals surface area contributed by atoms with Gasteiger partial charge < -0.3 is 19.7 Å². The number of rotatable bonds is 12. The molecule has 0 saturated heterocycles. The molecule has 0 aromatic heterocycles. The van der Waals surface area contributed by atoms with Crippen LogP contribution in [0.1, 0.15) is 52.4 Å². The van der Waals surface area contributed by atoms with Crippen molar-refractivity contribution < 1.29 is 28.1 Å². The number of aromatic hydroxyl groups is 2. The van der Waals surface area contributed by atoms with Crippen LogP contribution < -0.4 is 9.47 Å². The topological polar surface area (TPSA) is 93.1 Å². The molecule has 2 aromatic rings. The smallest absolute Gasteiger partial charge is 0.206 e. The first kappa shape index (κ1) is 22.9. The molecule has 0 fully saturated rings. The van der Waals surface area contributed by atoms with Crippen molar-refractivity contribution >= 4 is 9.84 Å². The van der Waals surface area contributed by atoms with E-state index in [9.17, 15) is 18.6 Å². The third kappa shape index (κ3) is 6.29. The Labute approximate surface area is 173 Å². The molecule has 0 aliphatic rings. The average Bonchev–Trinajstić information content (AvgIpc) is 2.70. The van der Waals surface area contributed by atoms with Crippen LogP contribution >= 0.6 is 0 Å². The Balaban J connectivity index is 2.23. The van der Waals surface area contributed by atoms with Crippen molar-refractivity contribution in [3.63, 3.8) is 0 Å². The summed E-state index contributed by atoms with van der Waals surface area (Å²) in [6.45, 7) is 4.95. The Hall–Kier alpha value is -2.41. The van der Waals surface area contributed by atoms with Crippen LogP contribution in [0.3, 0.4) is 0 Å². The molecule has 29 heavy (non-hydrogen) atoms. The molecule has 2 rings (SSSR count). The van der Waals surface area contributed by atoms with E-state index in [0.717, 1.165) is 38.5 Å². The zero-order valence-corrected chi connectivity index (χ0v) is 17.9. The highest BCUT2D eigenvalue weighted by molar-refractivity contribution is 7.91. The predicted molar refractivity (Wildman–Crippen MR) is 112 cm³/mol. The average molecular weight is 423 g/mol. The second-order valence-electron chi connectivity index (χ2n) is 6.87. The fourth-order valence-electron chi connectivity index (χ4n) is 2.76. The van der Waals surface area contributed by atoms with Gasteiger partial charge in [-0.05, 0) is 37.1 Å². The number of phenols is 2. The van der Waals surface area contributed by atoms with Gasteiger partial charge in [-0.25, -0.2) is 8.42 Å². The van der Waals surface area contributed by atoms with Gasteiger partial charge in [0, 0.05) is 12.1 Å². The molecule has 0 saturated carbocycles. The van der Waals surface area contributed by atoms with E-state index in [4.69, 9.17) is 9.47 Å². The molecule has 0 aliphatic heterocycles. The summed E-state index contributed by atoms with van der Waals surface area (Å²) in [5.41, 5.74) is 0. The van der Waals surface area contributed by atoms with Gasteiger partial charge in [0.15, 0.2) is 23.0 Å². The molecule has 0 bridgehead atoms. The SMILES string of the molecule is CCCCCOc1cc(S(=O)(=O)c2ccc(O)c(OCCCCC)c2)ccc1O. The van der Waals surface area contributed by atoms with Gasteiger partial charge in [-0.3, -0.25) is 0 Å². The van der Waals surface area contributed by atoms with Gasteiger partial charge in [-0.2, -0.15) is 0 Å². The number of sulfone groups is 1. The molecule has 0 amide bonds. The predicted octanol–water partition coefficient (Wildman–Crippen LogP) is 5.07. The molecule has 2 aromatic carbocycles. The van der Waals surface area contributed by atoms with Crippen molar-refractivity contribution in [2.75, 3.05) is 13.2 Å². The van der Waals surface area contributed by atoms with Gasteiger partial charge >= 0.3 is 0 Å². The molecular formula is C22H30O6S. The Morgan fingerprint density at radius 2 is 1.14 bits per heavy atom. The van der Waals surface area contributed by atoms with Crippen molar-refractivity contribution in [2.24, 2.45) is 0 Å². The summed E-state index contributed by atoms with van der Waals surface area (Å²) in [6, 6.07) is 7.93. The van der Waals surface area contributed by atoms with Gasteiger partial charge in [0.05, 0.1) is 23.0 Å². The number of unbranched alkanes of at least 4 members (excludes halogenated alkanes) is 4. The lowest BCUT2D eigenvalue weighted by atomic mass is 10.2. The molecule has 0 aliphatic carbocycles. The quantitative estimate of drug-likeness (QED) is 0.464. The third-order valence-electron chi connectivity index (χ3n) is 4.49. The summed E-state index contributed by atoms with van der Waals surface area (Å²) >= 11 is 0. The van der Waals surface area contributed by atoms with E-state index < -0.39 is 9.84 Å². The zero-order chi connectivity index (χ0) is 21.3. The van der Waals surface area contributed by atoms with Gasteiger partial charge in [0.2, 0.25) is 9.84 Å². The van der Waals surface area contributed by atoms with Crippen LogP contribution in [-0.2, 0) is 9.84 Å². The largest absolute Gasteiger partial charge is 0.504 e. The van der Waals surface area contributed by atoms with Crippen LogP contribution in [-0.4, -0.2) is 31.8 Å². The number of hydrogen-bond donors (Lipinski definition) is 2. The van der Waals surface area contributed by atoms with Crippen LogP contribution in [0.4, 0.5) is 0 Å². The maximum atomic E-state index is 13.0. The molecule has 0 spiro atoms. The van der Waals surface area contributed by atoms with E-state index in [-0.39, 0.29) is 32.8 Å². The highest BCUT2D eigenvalue weighted by atomic mass is 32.2. The molecule has 0 unspecified atom stereocenters. The molecular weight excluding hydrogens is 392 g/mol. The summed E-state index contributed by atoms with van der Waals surface area (Å²) in [6.07, 6.45) is 5.70. The Morgan fingerprint density at radius 3 is 1.52 bits per heavy atom. The third-order valence-corrected chi connectivity index (χ3v) is 6.24. The Morgan fingerprint density at radius 1 is 0.724 bits per heavy atom.